The van der Waals surface area contributed by atoms with Gasteiger partial charge in [-0.15, -0.1) is 28.2 Å². The van der Waals surface area contributed by atoms with Gasteiger partial charge in [-0.1, -0.05) is 36.4 Å². The number of aromatic amines is 1. The lowest BCUT2D eigenvalue weighted by Crippen LogP contribution is -2.68. The molecule has 0 saturated carbocycles. The van der Waals surface area contributed by atoms with Crippen LogP contribution in [0.15, 0.2) is 53.4 Å². The molecular weight excluding hydrogens is 530 g/mol. The molecule has 12 nitrogen and oxygen atoms in total. The molecule has 2 aromatic heterocycles. The number of hydrogen-bond donors (Lipinski definition) is 4. The Bertz CT molecular complexity index is 1390. The summed E-state index contributed by atoms with van der Waals surface area (Å²) in [6, 6.07) is 9.37. The predicted octanol–water partition coefficient (Wildman–Crippen LogP) is 1.51. The minimum atomic E-state index is -1.43. The van der Waals surface area contributed by atoms with Gasteiger partial charge in [0.25, 0.3) is 5.91 Å². The quantitative estimate of drug-likeness (QED) is 0.140. The van der Waals surface area contributed by atoms with E-state index >= 15 is 0 Å². The van der Waals surface area contributed by atoms with Crippen molar-refractivity contribution >= 4 is 52.9 Å². The van der Waals surface area contributed by atoms with Crippen molar-refractivity contribution in [2.24, 2.45) is 0 Å². The van der Waals surface area contributed by atoms with E-state index in [9.17, 15) is 24.3 Å². The Morgan fingerprint density at radius 1 is 1.18 bits per heavy atom. The van der Waals surface area contributed by atoms with Crippen molar-refractivity contribution in [2.45, 2.75) is 42.1 Å². The van der Waals surface area contributed by atoms with Gasteiger partial charge in [0.1, 0.15) is 29.1 Å². The van der Waals surface area contributed by atoms with Gasteiger partial charge in [0.15, 0.2) is 5.82 Å². The van der Waals surface area contributed by atoms with E-state index in [1.807, 2.05) is 13.8 Å². The maximum Gasteiger partial charge on any atom is 0.341 e. The SMILES string of the molecule is CC1(C)S[C@H]2C(NC(=O)C(NC(=O)C(=Cc3cccs3)C(=O)O)c3ccccc3)C(=O)N2C1c1nnn[nH]1. The summed E-state index contributed by atoms with van der Waals surface area (Å²) in [6.45, 7) is 3.94. The molecule has 2 aliphatic heterocycles. The number of thiophene rings is 1. The highest BCUT2D eigenvalue weighted by molar-refractivity contribution is 8.01. The van der Waals surface area contributed by atoms with Crippen molar-refractivity contribution < 1.29 is 24.3 Å². The van der Waals surface area contributed by atoms with Gasteiger partial charge in [-0.3, -0.25) is 14.4 Å². The van der Waals surface area contributed by atoms with E-state index in [0.29, 0.717) is 16.3 Å². The first-order valence-corrected chi connectivity index (χ1v) is 13.3. The first-order valence-electron chi connectivity index (χ1n) is 11.6. The minimum absolute atomic E-state index is 0.301. The molecule has 1 aromatic carbocycles. The number of aromatic nitrogens is 4. The molecule has 3 aromatic rings. The van der Waals surface area contributed by atoms with E-state index in [1.165, 1.54) is 29.2 Å². The molecule has 0 bridgehead atoms. The summed E-state index contributed by atoms with van der Waals surface area (Å²) in [5.41, 5.74) is -0.0726. The Labute approximate surface area is 224 Å². The Kier molecular flexibility index (Phi) is 6.75. The van der Waals surface area contributed by atoms with Crippen LogP contribution in [0.4, 0.5) is 0 Å². The number of amides is 3. The van der Waals surface area contributed by atoms with Gasteiger partial charge >= 0.3 is 5.97 Å². The molecule has 38 heavy (non-hydrogen) atoms. The van der Waals surface area contributed by atoms with Crippen molar-refractivity contribution in [2.75, 3.05) is 0 Å². The molecule has 2 saturated heterocycles. The standard InChI is InChI=1S/C24H23N7O5S2/c1-24(2)17(18-27-29-30-28-18)31-21(34)16(22(31)38-24)26-20(33)15(12-7-4-3-5-8-12)25-19(32)14(23(35)36)11-13-9-6-10-37-13/h3-11,15-17,22H,1-2H3,(H,25,32)(H,26,33)(H,35,36)(H,27,28,29,30)/t15?,16?,17?,22-/m0/s1. The smallest absolute Gasteiger partial charge is 0.341 e. The number of carboxylic acid groups (broad SMARTS) is 1. The zero-order valence-corrected chi connectivity index (χ0v) is 21.8. The van der Waals surface area contributed by atoms with Crippen LogP contribution in [0.3, 0.4) is 0 Å². The van der Waals surface area contributed by atoms with Crippen LogP contribution in [0.1, 0.15) is 42.2 Å². The monoisotopic (exact) mass is 553 g/mol. The Hall–Kier alpha value is -4.04. The molecule has 14 heteroatoms. The number of carbonyl (C=O) groups excluding carboxylic acids is 3. The number of aliphatic carboxylic acids is 1. The Morgan fingerprint density at radius 3 is 2.58 bits per heavy atom. The van der Waals surface area contributed by atoms with Crippen molar-refractivity contribution in [3.63, 3.8) is 0 Å². The van der Waals surface area contributed by atoms with Crippen molar-refractivity contribution in [1.29, 1.82) is 0 Å². The molecule has 2 fully saturated rings. The van der Waals surface area contributed by atoms with Gasteiger partial charge in [0.2, 0.25) is 11.8 Å². The number of H-pyrrole nitrogens is 1. The molecule has 0 radical (unpaired) electrons. The molecule has 0 spiro atoms. The summed E-state index contributed by atoms with van der Waals surface area (Å²) in [5, 5.41) is 30.3. The van der Waals surface area contributed by atoms with Gasteiger partial charge in [0.05, 0.1) is 0 Å². The van der Waals surface area contributed by atoms with Gasteiger partial charge in [-0.2, -0.15) is 0 Å². The Morgan fingerprint density at radius 2 is 1.95 bits per heavy atom. The van der Waals surface area contributed by atoms with Crippen LogP contribution < -0.4 is 10.6 Å². The molecule has 0 aliphatic carbocycles. The van der Waals surface area contributed by atoms with E-state index in [0.717, 1.165) is 0 Å². The first kappa shape index (κ1) is 25.6. The van der Waals surface area contributed by atoms with Gasteiger partial charge in [0, 0.05) is 9.62 Å². The summed E-state index contributed by atoms with van der Waals surface area (Å²) in [6.07, 6.45) is 1.26. The fourth-order valence-electron chi connectivity index (χ4n) is 4.60. The number of carboxylic acids is 1. The van der Waals surface area contributed by atoms with E-state index in [2.05, 4.69) is 31.3 Å². The molecular formula is C24H23N7O5S2. The zero-order valence-electron chi connectivity index (χ0n) is 20.2. The lowest BCUT2D eigenvalue weighted by Gasteiger charge is -2.44. The number of tetrazole rings is 1. The summed E-state index contributed by atoms with van der Waals surface area (Å²) in [7, 11) is 0. The van der Waals surface area contributed by atoms with Gasteiger partial charge < -0.3 is 20.6 Å². The average Bonchev–Trinajstić information content (AvgIpc) is 3.64. The Balaban J connectivity index is 1.36. The largest absolute Gasteiger partial charge is 0.477 e. The number of β-lactam (4-membered cyclic amide) rings is 1. The molecule has 4 atom stereocenters. The fraction of sp³-hybridized carbons (Fsp3) is 0.292. The topological polar surface area (TPSA) is 170 Å². The third-order valence-electron chi connectivity index (χ3n) is 6.33. The summed E-state index contributed by atoms with van der Waals surface area (Å²) in [4.78, 5) is 53.8. The number of carbonyl (C=O) groups is 4. The number of rotatable bonds is 8. The van der Waals surface area contributed by atoms with Crippen LogP contribution >= 0.6 is 23.1 Å². The first-order chi connectivity index (χ1) is 18.2. The van der Waals surface area contributed by atoms with Gasteiger partial charge in [-0.05, 0) is 47.4 Å². The second kappa shape index (κ2) is 10.0. The fourth-order valence-corrected chi connectivity index (χ4v) is 6.90. The molecule has 5 rings (SSSR count). The van der Waals surface area contributed by atoms with Crippen LogP contribution in [0, 0.1) is 0 Å². The average molecular weight is 554 g/mol. The van der Waals surface area contributed by atoms with E-state index in [-0.39, 0.29) is 11.3 Å². The molecule has 2 aliphatic rings. The number of thioether (sulfide) groups is 1. The van der Waals surface area contributed by atoms with Crippen LogP contribution in [-0.2, 0) is 19.2 Å². The summed E-state index contributed by atoms with van der Waals surface area (Å²) in [5.74, 6) is -2.83. The molecule has 4 heterocycles. The van der Waals surface area contributed by atoms with E-state index < -0.39 is 46.2 Å². The third-order valence-corrected chi connectivity index (χ3v) is 8.73. The minimum Gasteiger partial charge on any atom is -0.477 e. The highest BCUT2D eigenvalue weighted by atomic mass is 32.2. The second-order valence-electron chi connectivity index (χ2n) is 9.23. The van der Waals surface area contributed by atoms with Crippen molar-refractivity contribution in [1.82, 2.24) is 36.2 Å². The lowest BCUT2D eigenvalue weighted by atomic mass is 9.95. The molecule has 196 valence electrons. The van der Waals surface area contributed by atoms with E-state index in [4.69, 9.17) is 0 Å². The van der Waals surface area contributed by atoms with Crippen LogP contribution in [0.25, 0.3) is 6.08 Å². The van der Waals surface area contributed by atoms with E-state index in [1.54, 1.807) is 52.7 Å². The highest BCUT2D eigenvalue weighted by Gasteiger charge is 2.63. The molecule has 4 N–H and O–H groups in total. The number of hydrogen-bond acceptors (Lipinski definition) is 9. The number of nitrogens with one attached hydrogen (secondary N) is 3. The van der Waals surface area contributed by atoms with Crippen LogP contribution in [0.2, 0.25) is 0 Å². The van der Waals surface area contributed by atoms with Crippen LogP contribution in [0.5, 0.6) is 0 Å². The normalized spacial score (nSPS) is 22.8. The van der Waals surface area contributed by atoms with Crippen molar-refractivity contribution in [3.05, 3.63) is 69.7 Å². The number of nitrogens with zero attached hydrogens (tertiary/aromatic N) is 4. The molecule has 3 unspecified atom stereocenters. The number of fused-ring (bicyclic) bond motifs is 1. The summed E-state index contributed by atoms with van der Waals surface area (Å²) < 4.78 is -0.433. The van der Waals surface area contributed by atoms with Crippen LogP contribution in [-0.4, -0.2) is 70.5 Å². The highest BCUT2D eigenvalue weighted by Crippen LogP contribution is 2.56. The van der Waals surface area contributed by atoms with Crippen molar-refractivity contribution in [3.8, 4) is 0 Å². The maximum atomic E-state index is 13.5. The lowest BCUT2D eigenvalue weighted by molar-refractivity contribution is -0.152. The summed E-state index contributed by atoms with van der Waals surface area (Å²) >= 11 is 2.79. The van der Waals surface area contributed by atoms with Gasteiger partial charge in [-0.25, -0.2) is 9.89 Å². The second-order valence-corrected chi connectivity index (χ2v) is 12.0. The maximum absolute atomic E-state index is 13.5. The predicted molar refractivity (Wildman–Crippen MR) is 138 cm³/mol. The number of benzene rings is 1. The zero-order chi connectivity index (χ0) is 27.0. The molecule has 3 amide bonds. The third kappa shape index (κ3) is 4.67.